The molecule has 1 atom stereocenters. The molecule has 3 rings (SSSR count). The van der Waals surface area contributed by atoms with Crippen LogP contribution in [-0.2, 0) is 6.54 Å². The van der Waals surface area contributed by atoms with E-state index in [4.69, 9.17) is 5.73 Å². The van der Waals surface area contributed by atoms with Crippen LogP contribution in [0.15, 0.2) is 48.5 Å². The molecule has 1 aliphatic heterocycles. The van der Waals surface area contributed by atoms with Gasteiger partial charge in [0.05, 0.1) is 6.04 Å². The number of likely N-dealkylation sites (tertiary alicyclic amines) is 1. The van der Waals surface area contributed by atoms with Gasteiger partial charge in [0, 0.05) is 18.7 Å². The summed E-state index contributed by atoms with van der Waals surface area (Å²) in [5, 5.41) is 3.03. The quantitative estimate of drug-likeness (QED) is 0.849. The van der Waals surface area contributed by atoms with E-state index < -0.39 is 0 Å². The molecule has 0 aliphatic carbocycles. The maximum Gasteiger partial charge on any atom is 0.251 e. The molecule has 132 valence electrons. The minimum absolute atomic E-state index is 0.0529. The Balaban J connectivity index is 1.74. The molecule has 2 aromatic carbocycles. The van der Waals surface area contributed by atoms with Crippen LogP contribution in [0.1, 0.15) is 40.4 Å². The van der Waals surface area contributed by atoms with Gasteiger partial charge >= 0.3 is 0 Å². The van der Waals surface area contributed by atoms with Crippen LogP contribution in [0.3, 0.4) is 0 Å². The maximum atomic E-state index is 13.3. The van der Waals surface area contributed by atoms with E-state index in [2.05, 4.69) is 10.2 Å². The van der Waals surface area contributed by atoms with Crippen molar-refractivity contribution in [3.63, 3.8) is 0 Å². The van der Waals surface area contributed by atoms with Crippen LogP contribution in [0.5, 0.6) is 0 Å². The third-order valence-electron chi connectivity index (χ3n) is 4.77. The third kappa shape index (κ3) is 4.24. The van der Waals surface area contributed by atoms with E-state index in [-0.39, 0.29) is 17.8 Å². The minimum atomic E-state index is -0.246. The Bertz CT molecular complexity index is 711. The SMILES string of the molecule is NCc1ccccc1C(=O)NCC(c1ccc(F)cc1)N1CCCC1. The van der Waals surface area contributed by atoms with Crippen LogP contribution in [0.2, 0.25) is 0 Å². The molecule has 5 heteroatoms. The van der Waals surface area contributed by atoms with Gasteiger partial charge in [-0.2, -0.15) is 0 Å². The van der Waals surface area contributed by atoms with Gasteiger partial charge in [-0.3, -0.25) is 9.69 Å². The second kappa shape index (κ2) is 8.23. The zero-order chi connectivity index (χ0) is 17.6. The zero-order valence-electron chi connectivity index (χ0n) is 14.2. The number of amides is 1. The number of carbonyl (C=O) groups is 1. The molecule has 1 heterocycles. The minimum Gasteiger partial charge on any atom is -0.350 e. The van der Waals surface area contributed by atoms with Crippen LogP contribution >= 0.6 is 0 Å². The van der Waals surface area contributed by atoms with Gasteiger partial charge in [0.2, 0.25) is 0 Å². The summed E-state index contributed by atoms with van der Waals surface area (Å²) in [7, 11) is 0. The van der Waals surface area contributed by atoms with E-state index in [0.29, 0.717) is 18.7 Å². The molecule has 1 amide bonds. The third-order valence-corrected chi connectivity index (χ3v) is 4.77. The summed E-state index contributed by atoms with van der Waals surface area (Å²) in [6, 6.07) is 14.0. The lowest BCUT2D eigenvalue weighted by Gasteiger charge is -2.28. The molecular weight excluding hydrogens is 317 g/mol. The van der Waals surface area contributed by atoms with Crippen molar-refractivity contribution in [3.8, 4) is 0 Å². The lowest BCUT2D eigenvalue weighted by atomic mass is 10.0. The maximum absolute atomic E-state index is 13.3. The molecule has 1 unspecified atom stereocenters. The van der Waals surface area contributed by atoms with Gasteiger partial charge in [-0.25, -0.2) is 4.39 Å². The largest absolute Gasteiger partial charge is 0.350 e. The molecule has 0 saturated carbocycles. The van der Waals surface area contributed by atoms with Gasteiger partial charge in [0.15, 0.2) is 0 Å². The van der Waals surface area contributed by atoms with E-state index >= 15 is 0 Å². The van der Waals surface area contributed by atoms with Crippen LogP contribution in [0.4, 0.5) is 4.39 Å². The van der Waals surface area contributed by atoms with Crippen molar-refractivity contribution in [1.29, 1.82) is 0 Å². The number of nitrogens with zero attached hydrogens (tertiary/aromatic N) is 1. The fourth-order valence-electron chi connectivity index (χ4n) is 3.40. The van der Waals surface area contributed by atoms with Crippen molar-refractivity contribution < 1.29 is 9.18 Å². The topological polar surface area (TPSA) is 58.4 Å². The standard InChI is InChI=1S/C20H24FN3O/c21-17-9-7-15(8-10-17)19(24-11-3-4-12-24)14-23-20(25)18-6-2-1-5-16(18)13-22/h1-2,5-10,19H,3-4,11-14,22H2,(H,23,25). The van der Waals surface area contributed by atoms with Gasteiger partial charge < -0.3 is 11.1 Å². The van der Waals surface area contributed by atoms with Gasteiger partial charge in [0.25, 0.3) is 5.91 Å². The number of hydrogen-bond donors (Lipinski definition) is 2. The molecule has 4 nitrogen and oxygen atoms in total. The summed E-state index contributed by atoms with van der Waals surface area (Å²) in [6.07, 6.45) is 2.31. The second-order valence-corrected chi connectivity index (χ2v) is 6.38. The molecule has 0 radical (unpaired) electrons. The molecule has 0 spiro atoms. The molecule has 3 N–H and O–H groups in total. The zero-order valence-corrected chi connectivity index (χ0v) is 14.2. The molecule has 1 aliphatic rings. The monoisotopic (exact) mass is 341 g/mol. The molecule has 0 aromatic heterocycles. The van der Waals surface area contributed by atoms with Crippen molar-refractivity contribution in [1.82, 2.24) is 10.2 Å². The molecule has 1 fully saturated rings. The Morgan fingerprint density at radius 3 is 2.48 bits per heavy atom. The molecule has 2 aromatic rings. The van der Waals surface area contributed by atoms with E-state index in [1.54, 1.807) is 18.2 Å². The van der Waals surface area contributed by atoms with E-state index in [0.717, 1.165) is 37.1 Å². The van der Waals surface area contributed by atoms with Crippen molar-refractivity contribution in [2.24, 2.45) is 5.73 Å². The number of nitrogens with one attached hydrogen (secondary N) is 1. The van der Waals surface area contributed by atoms with Crippen molar-refractivity contribution >= 4 is 5.91 Å². The summed E-state index contributed by atoms with van der Waals surface area (Å²) in [5.41, 5.74) is 8.20. The van der Waals surface area contributed by atoms with E-state index in [9.17, 15) is 9.18 Å². The predicted octanol–water partition coefficient (Wildman–Crippen LogP) is 2.85. The first-order valence-electron chi connectivity index (χ1n) is 8.74. The first-order valence-corrected chi connectivity index (χ1v) is 8.74. The second-order valence-electron chi connectivity index (χ2n) is 6.38. The molecular formula is C20H24FN3O. The Kier molecular flexibility index (Phi) is 5.79. The Morgan fingerprint density at radius 1 is 1.12 bits per heavy atom. The highest BCUT2D eigenvalue weighted by Crippen LogP contribution is 2.25. The van der Waals surface area contributed by atoms with Gasteiger partial charge in [0.1, 0.15) is 5.82 Å². The highest BCUT2D eigenvalue weighted by Gasteiger charge is 2.24. The van der Waals surface area contributed by atoms with Gasteiger partial charge in [-0.05, 0) is 55.3 Å². The Morgan fingerprint density at radius 2 is 1.80 bits per heavy atom. The Labute approximate surface area is 147 Å². The fourth-order valence-corrected chi connectivity index (χ4v) is 3.40. The summed E-state index contributed by atoms with van der Waals surface area (Å²) in [5.74, 6) is -0.364. The summed E-state index contributed by atoms with van der Waals surface area (Å²) >= 11 is 0. The van der Waals surface area contributed by atoms with Crippen LogP contribution in [0, 0.1) is 5.82 Å². The van der Waals surface area contributed by atoms with Gasteiger partial charge in [-0.15, -0.1) is 0 Å². The first-order chi connectivity index (χ1) is 12.2. The van der Waals surface area contributed by atoms with Crippen molar-refractivity contribution in [2.75, 3.05) is 19.6 Å². The fraction of sp³-hybridized carbons (Fsp3) is 0.350. The van der Waals surface area contributed by atoms with Crippen LogP contribution in [0.25, 0.3) is 0 Å². The number of halogens is 1. The molecule has 0 bridgehead atoms. The predicted molar refractivity (Wildman–Crippen MR) is 96.6 cm³/mol. The normalized spacial score (nSPS) is 15.9. The average molecular weight is 341 g/mol. The number of hydrogen-bond acceptors (Lipinski definition) is 3. The average Bonchev–Trinajstić information content (AvgIpc) is 3.17. The molecule has 25 heavy (non-hydrogen) atoms. The van der Waals surface area contributed by atoms with Crippen molar-refractivity contribution in [3.05, 3.63) is 71.0 Å². The van der Waals surface area contributed by atoms with Crippen LogP contribution < -0.4 is 11.1 Å². The summed E-state index contributed by atoms with van der Waals surface area (Å²) in [6.45, 7) is 2.81. The highest BCUT2D eigenvalue weighted by atomic mass is 19.1. The first kappa shape index (κ1) is 17.6. The number of carbonyl (C=O) groups excluding carboxylic acids is 1. The Hall–Kier alpha value is -2.24. The smallest absolute Gasteiger partial charge is 0.251 e. The number of nitrogens with two attached hydrogens (primary N) is 1. The summed E-state index contributed by atoms with van der Waals surface area (Å²) < 4.78 is 13.3. The lowest BCUT2D eigenvalue weighted by molar-refractivity contribution is 0.0937. The molecule has 1 saturated heterocycles. The number of rotatable bonds is 6. The van der Waals surface area contributed by atoms with Crippen molar-refractivity contribution in [2.45, 2.75) is 25.4 Å². The van der Waals surface area contributed by atoms with E-state index in [1.807, 2.05) is 18.2 Å². The highest BCUT2D eigenvalue weighted by molar-refractivity contribution is 5.95. The number of benzene rings is 2. The summed E-state index contributed by atoms with van der Waals surface area (Å²) in [4.78, 5) is 14.9. The van der Waals surface area contributed by atoms with E-state index in [1.165, 1.54) is 12.1 Å². The van der Waals surface area contributed by atoms with Gasteiger partial charge in [-0.1, -0.05) is 30.3 Å². The lowest BCUT2D eigenvalue weighted by Crippen LogP contribution is -2.37. The van der Waals surface area contributed by atoms with Crippen LogP contribution in [-0.4, -0.2) is 30.4 Å².